The molecule has 40 heavy (non-hydrogen) atoms. The van der Waals surface area contributed by atoms with Crippen LogP contribution in [0.15, 0.2) is 65.7 Å². The summed E-state index contributed by atoms with van der Waals surface area (Å²) in [6, 6.07) is 16.6. The first kappa shape index (κ1) is 26.7. The second-order valence-electron chi connectivity index (χ2n) is 10.7. The molecule has 1 aliphatic heterocycles. The Morgan fingerprint density at radius 2 is 1.82 bits per heavy atom. The van der Waals surface area contributed by atoms with E-state index in [0.717, 1.165) is 22.1 Å². The molecule has 1 saturated heterocycles. The van der Waals surface area contributed by atoms with Crippen molar-refractivity contribution in [2.45, 2.75) is 59.2 Å². The first-order valence-corrected chi connectivity index (χ1v) is 14.4. The molecule has 0 bridgehead atoms. The maximum atomic E-state index is 14.9. The van der Waals surface area contributed by atoms with Gasteiger partial charge in [0.05, 0.1) is 22.2 Å². The average molecular weight is 579 g/mol. The summed E-state index contributed by atoms with van der Waals surface area (Å²) in [4.78, 5) is 34.1. The van der Waals surface area contributed by atoms with Gasteiger partial charge in [-0.05, 0) is 73.6 Å². The smallest absolute Gasteiger partial charge is 0.244 e. The van der Waals surface area contributed by atoms with E-state index in [0.29, 0.717) is 38.6 Å². The standard InChI is InChI=1S/C30H25ClF2N4O2S/c31-20-13-24(33)26(35-15-20)30(10-11-30)28(39)37-16-23(14-25(37)27(38)36-29(17-34)8-9-29)40-22-3-1-2-19(12-22)18-4-6-21(32)7-5-18/h1-7,12-13,15,23,25H,8-11,14,16H2,(H,36,38). The molecule has 6 rings (SSSR count). The minimum atomic E-state index is -1.12. The van der Waals surface area contributed by atoms with E-state index < -0.39 is 22.8 Å². The number of likely N-dealkylation sites (tertiary alicyclic amines) is 1. The lowest BCUT2D eigenvalue weighted by Crippen LogP contribution is -2.51. The van der Waals surface area contributed by atoms with Crippen molar-refractivity contribution in [3.05, 3.63) is 83.1 Å². The van der Waals surface area contributed by atoms with Gasteiger partial charge in [0.25, 0.3) is 0 Å². The molecule has 2 aromatic carbocycles. The van der Waals surface area contributed by atoms with Gasteiger partial charge in [0, 0.05) is 22.9 Å². The molecule has 3 aliphatic rings. The van der Waals surface area contributed by atoms with Crippen LogP contribution in [-0.2, 0) is 15.0 Å². The third-order valence-corrected chi connectivity index (χ3v) is 9.30. The van der Waals surface area contributed by atoms with Gasteiger partial charge in [-0.1, -0.05) is 35.9 Å². The highest BCUT2D eigenvalue weighted by Gasteiger charge is 2.59. The zero-order chi connectivity index (χ0) is 28.1. The number of aromatic nitrogens is 1. The number of carbonyl (C=O) groups is 2. The summed E-state index contributed by atoms with van der Waals surface area (Å²) in [6.07, 6.45) is 3.74. The summed E-state index contributed by atoms with van der Waals surface area (Å²) in [5, 5.41) is 12.4. The van der Waals surface area contributed by atoms with E-state index in [1.807, 2.05) is 24.3 Å². The summed E-state index contributed by atoms with van der Waals surface area (Å²) in [5.41, 5.74) is -0.136. The lowest BCUT2D eigenvalue weighted by atomic mass is 9.98. The molecule has 2 amide bonds. The van der Waals surface area contributed by atoms with Crippen molar-refractivity contribution in [3.8, 4) is 17.2 Å². The van der Waals surface area contributed by atoms with E-state index in [4.69, 9.17) is 11.6 Å². The van der Waals surface area contributed by atoms with Crippen LogP contribution in [0.25, 0.3) is 11.1 Å². The number of hydrogen-bond acceptors (Lipinski definition) is 5. The zero-order valence-corrected chi connectivity index (χ0v) is 22.9. The predicted octanol–water partition coefficient (Wildman–Crippen LogP) is 5.65. The topological polar surface area (TPSA) is 86.1 Å². The van der Waals surface area contributed by atoms with Crippen molar-refractivity contribution in [1.82, 2.24) is 15.2 Å². The van der Waals surface area contributed by atoms with Gasteiger partial charge in [0.15, 0.2) is 0 Å². The monoisotopic (exact) mass is 578 g/mol. The Labute approximate surface area is 239 Å². The first-order chi connectivity index (χ1) is 19.2. The summed E-state index contributed by atoms with van der Waals surface area (Å²) < 4.78 is 28.3. The van der Waals surface area contributed by atoms with Gasteiger partial charge in [-0.3, -0.25) is 14.6 Å². The first-order valence-electron chi connectivity index (χ1n) is 13.1. The van der Waals surface area contributed by atoms with Crippen molar-refractivity contribution >= 4 is 35.2 Å². The third kappa shape index (κ3) is 5.06. The van der Waals surface area contributed by atoms with Crippen LogP contribution >= 0.6 is 23.4 Å². The molecule has 2 atom stereocenters. The minimum absolute atomic E-state index is 0.0554. The molecule has 3 aromatic rings. The zero-order valence-electron chi connectivity index (χ0n) is 21.4. The molecule has 2 heterocycles. The highest BCUT2D eigenvalue weighted by Crippen LogP contribution is 2.51. The van der Waals surface area contributed by atoms with E-state index in [1.54, 1.807) is 28.8 Å². The van der Waals surface area contributed by atoms with Gasteiger partial charge in [-0.25, -0.2) is 8.78 Å². The summed E-state index contributed by atoms with van der Waals surface area (Å²) >= 11 is 7.45. The van der Waals surface area contributed by atoms with Crippen molar-refractivity contribution < 1.29 is 18.4 Å². The van der Waals surface area contributed by atoms with Gasteiger partial charge >= 0.3 is 0 Å². The summed E-state index contributed by atoms with van der Waals surface area (Å²) in [7, 11) is 0. The van der Waals surface area contributed by atoms with E-state index in [9.17, 15) is 23.6 Å². The number of hydrogen-bond donors (Lipinski definition) is 1. The SMILES string of the molecule is N#CC1(NC(=O)C2CC(Sc3cccc(-c4ccc(F)cc4)c3)CN2C(=O)C2(c3ncc(Cl)cc3F)CC2)CC1. The minimum Gasteiger partial charge on any atom is -0.336 e. The van der Waals surface area contributed by atoms with Crippen molar-refractivity contribution in [1.29, 1.82) is 5.26 Å². The molecule has 10 heteroatoms. The number of carbonyl (C=O) groups excluding carboxylic acids is 2. The predicted molar refractivity (Wildman–Crippen MR) is 147 cm³/mol. The number of benzene rings is 2. The molecule has 3 fully saturated rings. The fraction of sp³-hybridized carbons (Fsp3) is 0.333. The van der Waals surface area contributed by atoms with Gasteiger partial charge in [-0.15, -0.1) is 11.8 Å². The Balaban J connectivity index is 1.26. The van der Waals surface area contributed by atoms with Gasteiger partial charge in [0.2, 0.25) is 11.8 Å². The molecule has 1 aromatic heterocycles. The lowest BCUT2D eigenvalue weighted by Gasteiger charge is -2.28. The van der Waals surface area contributed by atoms with Crippen LogP contribution in [-0.4, -0.2) is 45.1 Å². The van der Waals surface area contributed by atoms with Gasteiger partial charge in [-0.2, -0.15) is 5.26 Å². The van der Waals surface area contributed by atoms with Crippen LogP contribution in [0, 0.1) is 23.0 Å². The van der Waals surface area contributed by atoms with E-state index >= 15 is 0 Å². The number of rotatable bonds is 7. The quantitative estimate of drug-likeness (QED) is 0.392. The maximum Gasteiger partial charge on any atom is 0.244 e. The molecule has 0 radical (unpaired) electrons. The number of nitrogens with zero attached hydrogens (tertiary/aromatic N) is 3. The highest BCUT2D eigenvalue weighted by molar-refractivity contribution is 8.00. The number of thioether (sulfide) groups is 1. The fourth-order valence-corrected chi connectivity index (χ4v) is 6.76. The fourth-order valence-electron chi connectivity index (χ4n) is 5.37. The largest absolute Gasteiger partial charge is 0.336 e. The summed E-state index contributed by atoms with van der Waals surface area (Å²) in [6.45, 7) is 0.291. The Hall–Kier alpha value is -3.48. The number of pyridine rings is 1. The normalized spacial score (nSPS) is 21.9. The molecular formula is C30H25ClF2N4O2S. The Morgan fingerprint density at radius 3 is 2.48 bits per heavy atom. The van der Waals surface area contributed by atoms with Crippen LogP contribution in [0.1, 0.15) is 37.8 Å². The van der Waals surface area contributed by atoms with E-state index in [-0.39, 0.29) is 33.6 Å². The lowest BCUT2D eigenvalue weighted by molar-refractivity contribution is -0.140. The second-order valence-corrected chi connectivity index (χ2v) is 12.5. The molecule has 2 saturated carbocycles. The molecule has 2 aliphatic carbocycles. The van der Waals surface area contributed by atoms with Crippen LogP contribution in [0.4, 0.5) is 8.78 Å². The van der Waals surface area contributed by atoms with Crippen LogP contribution < -0.4 is 5.32 Å². The van der Waals surface area contributed by atoms with Crippen LogP contribution in [0.2, 0.25) is 5.02 Å². The number of halogens is 3. The Bertz CT molecular complexity index is 1540. The highest BCUT2D eigenvalue weighted by atomic mass is 35.5. The molecule has 2 unspecified atom stereocenters. The molecule has 6 nitrogen and oxygen atoms in total. The van der Waals surface area contributed by atoms with Gasteiger partial charge < -0.3 is 10.2 Å². The molecule has 0 spiro atoms. The molecule has 1 N–H and O–H groups in total. The van der Waals surface area contributed by atoms with Crippen molar-refractivity contribution in [2.24, 2.45) is 0 Å². The van der Waals surface area contributed by atoms with E-state index in [1.165, 1.54) is 18.3 Å². The second kappa shape index (κ2) is 10.2. The van der Waals surface area contributed by atoms with Crippen LogP contribution in [0.3, 0.4) is 0 Å². The Kier molecular flexibility index (Phi) is 6.79. The van der Waals surface area contributed by atoms with Crippen LogP contribution in [0.5, 0.6) is 0 Å². The number of nitrogens with one attached hydrogen (secondary N) is 1. The maximum absolute atomic E-state index is 14.9. The van der Waals surface area contributed by atoms with E-state index in [2.05, 4.69) is 16.4 Å². The van der Waals surface area contributed by atoms with Gasteiger partial charge in [0.1, 0.15) is 23.2 Å². The molecule has 204 valence electrons. The average Bonchev–Trinajstić information content (AvgIpc) is 3.86. The molecular weight excluding hydrogens is 554 g/mol. The Morgan fingerprint density at radius 1 is 1.07 bits per heavy atom. The van der Waals surface area contributed by atoms with Crippen molar-refractivity contribution in [2.75, 3.05) is 6.54 Å². The number of nitriles is 1. The van der Waals surface area contributed by atoms with Crippen molar-refractivity contribution in [3.63, 3.8) is 0 Å². The summed E-state index contributed by atoms with van der Waals surface area (Å²) in [5.74, 6) is -1.63. The number of amides is 2. The third-order valence-electron chi connectivity index (χ3n) is 7.89.